The Labute approximate surface area is 152 Å². The van der Waals surface area contributed by atoms with E-state index in [4.69, 9.17) is 0 Å². The van der Waals surface area contributed by atoms with Gasteiger partial charge >= 0.3 is 0 Å². The number of carbonyl (C=O) groups excluding carboxylic acids is 1. The minimum absolute atomic E-state index is 0.259. The molecule has 0 fully saturated rings. The molecule has 1 aromatic heterocycles. The molecule has 0 saturated heterocycles. The smallest absolute Gasteiger partial charge is 0.289 e. The number of anilines is 1. The topological polar surface area (TPSA) is 133 Å². The van der Waals surface area contributed by atoms with Crippen LogP contribution in [0.25, 0.3) is 0 Å². The predicted octanol–water partition coefficient (Wildman–Crippen LogP) is 3.00. The van der Waals surface area contributed by atoms with Crippen molar-refractivity contribution < 1.29 is 14.6 Å². The van der Waals surface area contributed by atoms with Crippen LogP contribution in [0.3, 0.4) is 0 Å². The van der Waals surface area contributed by atoms with E-state index in [9.17, 15) is 25.0 Å². The first kappa shape index (κ1) is 17.7. The van der Waals surface area contributed by atoms with E-state index in [1.807, 2.05) is 10.6 Å². The van der Waals surface area contributed by atoms with Gasteiger partial charge in [0.2, 0.25) is 0 Å². The van der Waals surface area contributed by atoms with Crippen molar-refractivity contribution in [2.75, 3.05) is 5.32 Å². The maximum atomic E-state index is 12.4. The summed E-state index contributed by atoms with van der Waals surface area (Å²) in [6.07, 6.45) is 5.11. The lowest BCUT2D eigenvalue weighted by atomic mass is 10.1. The second-order valence-electron chi connectivity index (χ2n) is 5.61. The van der Waals surface area contributed by atoms with Crippen LogP contribution in [0.1, 0.15) is 15.9 Å². The Morgan fingerprint density at radius 1 is 1.11 bits per heavy atom. The first-order valence-corrected chi connectivity index (χ1v) is 7.73. The van der Waals surface area contributed by atoms with Gasteiger partial charge in [-0.25, -0.2) is 4.98 Å². The van der Waals surface area contributed by atoms with Gasteiger partial charge < -0.3 is 9.88 Å². The number of non-ortho nitro benzene ring substituents is 1. The molecule has 0 spiro atoms. The molecular weight excluding hydrogens is 354 g/mol. The highest BCUT2D eigenvalue weighted by atomic mass is 16.6. The molecule has 0 aliphatic rings. The molecule has 0 unspecified atom stereocenters. The second-order valence-corrected chi connectivity index (χ2v) is 5.61. The summed E-state index contributed by atoms with van der Waals surface area (Å²) in [6, 6.07) is 9.88. The number of nitrogens with one attached hydrogen (secondary N) is 1. The summed E-state index contributed by atoms with van der Waals surface area (Å²) in [7, 11) is 0. The van der Waals surface area contributed by atoms with Gasteiger partial charge in [-0.1, -0.05) is 12.1 Å². The Balaban J connectivity index is 1.83. The van der Waals surface area contributed by atoms with Crippen LogP contribution < -0.4 is 5.32 Å². The highest BCUT2D eigenvalue weighted by Crippen LogP contribution is 2.25. The van der Waals surface area contributed by atoms with Crippen molar-refractivity contribution in [1.82, 2.24) is 9.55 Å². The summed E-state index contributed by atoms with van der Waals surface area (Å²) < 4.78 is 1.85. The van der Waals surface area contributed by atoms with E-state index in [-0.39, 0.29) is 5.56 Å². The molecule has 3 rings (SSSR count). The molecule has 1 amide bonds. The molecule has 0 saturated carbocycles. The molecule has 2 aromatic carbocycles. The van der Waals surface area contributed by atoms with Crippen molar-refractivity contribution in [3.63, 3.8) is 0 Å². The van der Waals surface area contributed by atoms with Crippen molar-refractivity contribution in [1.29, 1.82) is 0 Å². The zero-order chi connectivity index (χ0) is 19.4. The molecule has 136 valence electrons. The molecule has 10 nitrogen and oxygen atoms in total. The van der Waals surface area contributed by atoms with E-state index >= 15 is 0 Å². The Kier molecular flexibility index (Phi) is 4.88. The predicted molar refractivity (Wildman–Crippen MR) is 95.5 cm³/mol. The fraction of sp³-hybridized carbons (Fsp3) is 0.0588. The summed E-state index contributed by atoms with van der Waals surface area (Å²) >= 11 is 0. The van der Waals surface area contributed by atoms with E-state index in [0.29, 0.717) is 12.2 Å². The van der Waals surface area contributed by atoms with Crippen LogP contribution in [0.5, 0.6) is 0 Å². The van der Waals surface area contributed by atoms with Crippen LogP contribution in [-0.4, -0.2) is 25.3 Å². The third-order valence-corrected chi connectivity index (χ3v) is 3.74. The minimum atomic E-state index is -0.822. The lowest BCUT2D eigenvalue weighted by Crippen LogP contribution is -2.14. The van der Waals surface area contributed by atoms with Crippen molar-refractivity contribution in [3.05, 3.63) is 92.5 Å². The minimum Gasteiger partial charge on any atom is -0.333 e. The maximum Gasteiger partial charge on any atom is 0.289 e. The summed E-state index contributed by atoms with van der Waals surface area (Å²) in [4.78, 5) is 36.8. The van der Waals surface area contributed by atoms with Gasteiger partial charge in [0.05, 0.1) is 22.2 Å². The summed E-state index contributed by atoms with van der Waals surface area (Å²) in [6.45, 7) is 0.543. The van der Waals surface area contributed by atoms with E-state index in [1.54, 1.807) is 36.9 Å². The van der Waals surface area contributed by atoms with Crippen LogP contribution in [0.15, 0.2) is 61.2 Å². The van der Waals surface area contributed by atoms with Gasteiger partial charge in [0.1, 0.15) is 5.56 Å². The number of nitro benzene ring substituents is 2. The Morgan fingerprint density at radius 3 is 2.59 bits per heavy atom. The van der Waals surface area contributed by atoms with Gasteiger partial charge in [0.25, 0.3) is 17.3 Å². The van der Waals surface area contributed by atoms with Crippen molar-refractivity contribution in [2.24, 2.45) is 0 Å². The number of carbonyl (C=O) groups is 1. The first-order valence-electron chi connectivity index (χ1n) is 7.73. The highest BCUT2D eigenvalue weighted by Gasteiger charge is 2.24. The lowest BCUT2D eigenvalue weighted by Gasteiger charge is -2.08. The van der Waals surface area contributed by atoms with Crippen molar-refractivity contribution in [3.8, 4) is 0 Å². The third-order valence-electron chi connectivity index (χ3n) is 3.74. The molecule has 0 bridgehead atoms. The molecule has 3 aromatic rings. The van der Waals surface area contributed by atoms with Crippen molar-refractivity contribution in [2.45, 2.75) is 6.54 Å². The molecule has 27 heavy (non-hydrogen) atoms. The standard InChI is InChI=1S/C17H13N5O5/c23-17(15-5-4-14(21(24)25)9-16(15)22(26)27)19-13-3-1-2-12(8-13)10-20-7-6-18-11-20/h1-9,11H,10H2,(H,19,23). The highest BCUT2D eigenvalue weighted by molar-refractivity contribution is 6.07. The molecule has 0 radical (unpaired) electrons. The van der Waals surface area contributed by atoms with Crippen LogP contribution in [0.2, 0.25) is 0 Å². The number of amides is 1. The van der Waals surface area contributed by atoms with Crippen LogP contribution in [0.4, 0.5) is 17.1 Å². The SMILES string of the molecule is O=C(Nc1cccc(Cn2ccnc2)c1)c1ccc([N+](=O)[O-])cc1[N+](=O)[O-]. The maximum absolute atomic E-state index is 12.4. The first-order chi connectivity index (χ1) is 12.9. The van der Waals surface area contributed by atoms with E-state index in [0.717, 1.165) is 23.8 Å². The van der Waals surface area contributed by atoms with E-state index in [1.165, 1.54) is 0 Å². The summed E-state index contributed by atoms with van der Waals surface area (Å²) in [5.74, 6) is -0.726. The number of hydrogen-bond donors (Lipinski definition) is 1. The summed E-state index contributed by atoms with van der Waals surface area (Å²) in [5.41, 5.74) is -0.00303. The largest absolute Gasteiger partial charge is 0.333 e. The lowest BCUT2D eigenvalue weighted by molar-refractivity contribution is -0.394. The van der Waals surface area contributed by atoms with Crippen LogP contribution in [-0.2, 0) is 6.54 Å². The number of benzene rings is 2. The zero-order valence-corrected chi connectivity index (χ0v) is 13.8. The zero-order valence-electron chi connectivity index (χ0n) is 13.8. The Hall–Kier alpha value is -4.08. The molecule has 1 heterocycles. The van der Waals surface area contributed by atoms with Gasteiger partial charge in [0.15, 0.2) is 0 Å². The second kappa shape index (κ2) is 7.44. The van der Waals surface area contributed by atoms with Gasteiger partial charge in [-0.15, -0.1) is 0 Å². The Bertz CT molecular complexity index is 1020. The molecule has 10 heteroatoms. The van der Waals surface area contributed by atoms with Crippen LogP contribution in [0, 0.1) is 20.2 Å². The van der Waals surface area contributed by atoms with E-state index < -0.39 is 27.1 Å². The average Bonchev–Trinajstić information content (AvgIpc) is 3.14. The summed E-state index contributed by atoms with van der Waals surface area (Å²) in [5, 5.41) is 24.6. The average molecular weight is 367 g/mol. The normalized spacial score (nSPS) is 10.4. The molecular formula is C17H13N5O5. The molecule has 0 aliphatic carbocycles. The quantitative estimate of drug-likeness (QED) is 0.526. The fourth-order valence-electron chi connectivity index (χ4n) is 2.51. The molecule has 0 atom stereocenters. The number of nitrogens with zero attached hydrogens (tertiary/aromatic N) is 4. The third kappa shape index (κ3) is 4.12. The van der Waals surface area contributed by atoms with Gasteiger partial charge in [-0.05, 0) is 23.8 Å². The van der Waals surface area contributed by atoms with Crippen molar-refractivity contribution >= 4 is 23.0 Å². The monoisotopic (exact) mass is 367 g/mol. The van der Waals surface area contributed by atoms with E-state index in [2.05, 4.69) is 10.3 Å². The molecule has 1 N–H and O–H groups in total. The number of nitro groups is 2. The Morgan fingerprint density at radius 2 is 1.93 bits per heavy atom. The van der Waals surface area contributed by atoms with Gasteiger partial charge in [-0.2, -0.15) is 0 Å². The molecule has 0 aliphatic heterocycles. The van der Waals surface area contributed by atoms with Gasteiger partial charge in [-0.3, -0.25) is 25.0 Å². The van der Waals surface area contributed by atoms with Crippen LogP contribution >= 0.6 is 0 Å². The van der Waals surface area contributed by atoms with Gasteiger partial charge in [0, 0.05) is 30.7 Å². The number of hydrogen-bond acceptors (Lipinski definition) is 6. The fourth-order valence-corrected chi connectivity index (χ4v) is 2.51. The number of imidazole rings is 1. The number of rotatable bonds is 6. The number of aromatic nitrogens is 2.